The van der Waals surface area contributed by atoms with Crippen LogP contribution in [0.2, 0.25) is 0 Å². The van der Waals surface area contributed by atoms with Gasteiger partial charge in [-0.25, -0.2) is 0 Å². The molecule has 19 heavy (non-hydrogen) atoms. The monoisotopic (exact) mass is 279 g/mol. The maximum Gasteiger partial charge on any atom is 0.261 e. The minimum atomic E-state index is -0.240. The summed E-state index contributed by atoms with van der Waals surface area (Å²) in [5.41, 5.74) is 0. The fourth-order valence-corrected chi connectivity index (χ4v) is 2.41. The molecule has 5 nitrogen and oxygen atoms in total. The number of amides is 1. The minimum absolute atomic E-state index is 0.100. The number of hydrogen-bond donors (Lipinski definition) is 1. The van der Waals surface area contributed by atoms with Crippen LogP contribution in [-0.2, 0) is 0 Å². The summed E-state index contributed by atoms with van der Waals surface area (Å²) in [6.45, 7) is 5.92. The SMILES string of the molecule is Cc1nnc(C(CC(C)C)NC(=O)c2cccs2)o1. The van der Waals surface area contributed by atoms with Gasteiger partial charge in [0.05, 0.1) is 4.88 Å². The molecular formula is C13H17N3O2S. The molecule has 0 bridgehead atoms. The van der Waals surface area contributed by atoms with Gasteiger partial charge in [-0.3, -0.25) is 4.79 Å². The lowest BCUT2D eigenvalue weighted by molar-refractivity contribution is 0.0928. The molecule has 1 amide bonds. The summed E-state index contributed by atoms with van der Waals surface area (Å²) < 4.78 is 5.43. The molecule has 6 heteroatoms. The Hall–Kier alpha value is -1.69. The molecule has 0 aromatic carbocycles. The van der Waals surface area contributed by atoms with Crippen LogP contribution in [0.25, 0.3) is 0 Å². The highest BCUT2D eigenvalue weighted by Gasteiger charge is 2.22. The van der Waals surface area contributed by atoms with Gasteiger partial charge in [0.1, 0.15) is 6.04 Å². The number of nitrogens with zero attached hydrogens (tertiary/aromatic N) is 2. The number of aryl methyl sites for hydroxylation is 1. The minimum Gasteiger partial charge on any atom is -0.423 e. The molecule has 2 rings (SSSR count). The van der Waals surface area contributed by atoms with E-state index in [9.17, 15) is 4.79 Å². The summed E-state index contributed by atoms with van der Waals surface area (Å²) in [6, 6.07) is 3.41. The molecule has 0 spiro atoms. The van der Waals surface area contributed by atoms with E-state index in [1.54, 1.807) is 13.0 Å². The molecule has 1 atom stereocenters. The van der Waals surface area contributed by atoms with Gasteiger partial charge < -0.3 is 9.73 Å². The van der Waals surface area contributed by atoms with Crippen molar-refractivity contribution >= 4 is 17.2 Å². The van der Waals surface area contributed by atoms with E-state index in [2.05, 4.69) is 29.4 Å². The van der Waals surface area contributed by atoms with Crippen molar-refractivity contribution in [2.24, 2.45) is 5.92 Å². The van der Waals surface area contributed by atoms with E-state index in [0.29, 0.717) is 22.6 Å². The van der Waals surface area contributed by atoms with E-state index < -0.39 is 0 Å². The molecule has 0 fully saturated rings. The number of aromatic nitrogens is 2. The third kappa shape index (κ3) is 3.64. The van der Waals surface area contributed by atoms with Crippen LogP contribution in [0, 0.1) is 12.8 Å². The third-order valence-electron chi connectivity index (χ3n) is 2.60. The lowest BCUT2D eigenvalue weighted by Gasteiger charge is -2.16. The quantitative estimate of drug-likeness (QED) is 0.913. The maximum absolute atomic E-state index is 12.1. The highest BCUT2D eigenvalue weighted by Crippen LogP contribution is 2.21. The Morgan fingerprint density at radius 1 is 1.47 bits per heavy atom. The van der Waals surface area contributed by atoms with Crippen molar-refractivity contribution in [2.45, 2.75) is 33.2 Å². The maximum atomic E-state index is 12.1. The number of hydrogen-bond acceptors (Lipinski definition) is 5. The Balaban J connectivity index is 2.12. The summed E-state index contributed by atoms with van der Waals surface area (Å²) in [7, 11) is 0. The number of thiophene rings is 1. The lowest BCUT2D eigenvalue weighted by atomic mass is 10.0. The first kappa shape index (κ1) is 13.7. The van der Waals surface area contributed by atoms with Crippen LogP contribution in [0.5, 0.6) is 0 Å². The van der Waals surface area contributed by atoms with Gasteiger partial charge in [-0.15, -0.1) is 21.5 Å². The van der Waals surface area contributed by atoms with Crippen molar-refractivity contribution in [3.63, 3.8) is 0 Å². The zero-order valence-electron chi connectivity index (χ0n) is 11.2. The molecule has 1 unspecified atom stereocenters. The van der Waals surface area contributed by atoms with Gasteiger partial charge in [-0.05, 0) is 23.8 Å². The van der Waals surface area contributed by atoms with E-state index in [0.717, 1.165) is 6.42 Å². The van der Waals surface area contributed by atoms with Gasteiger partial charge in [0.2, 0.25) is 11.8 Å². The summed E-state index contributed by atoms with van der Waals surface area (Å²) in [4.78, 5) is 12.8. The molecule has 0 aliphatic carbocycles. The topological polar surface area (TPSA) is 68.0 Å². The Morgan fingerprint density at radius 3 is 2.79 bits per heavy atom. The number of nitrogens with one attached hydrogen (secondary N) is 1. The summed E-state index contributed by atoms with van der Waals surface area (Å²) in [6.07, 6.45) is 0.763. The fourth-order valence-electron chi connectivity index (χ4n) is 1.78. The second-order valence-electron chi connectivity index (χ2n) is 4.79. The largest absolute Gasteiger partial charge is 0.423 e. The first-order chi connectivity index (χ1) is 9.06. The van der Waals surface area contributed by atoms with E-state index in [-0.39, 0.29) is 11.9 Å². The first-order valence-electron chi connectivity index (χ1n) is 6.20. The summed E-state index contributed by atoms with van der Waals surface area (Å²) >= 11 is 1.41. The number of carbonyl (C=O) groups excluding carboxylic acids is 1. The van der Waals surface area contributed by atoms with Gasteiger partial charge in [0.25, 0.3) is 5.91 Å². The Bertz CT molecular complexity index is 534. The number of carbonyl (C=O) groups is 1. The molecule has 2 heterocycles. The van der Waals surface area contributed by atoms with E-state index in [4.69, 9.17) is 4.42 Å². The van der Waals surface area contributed by atoms with Crippen molar-refractivity contribution in [1.29, 1.82) is 0 Å². The molecule has 0 saturated carbocycles. The lowest BCUT2D eigenvalue weighted by Crippen LogP contribution is -2.29. The second kappa shape index (κ2) is 5.97. The molecule has 1 N–H and O–H groups in total. The zero-order chi connectivity index (χ0) is 13.8. The average molecular weight is 279 g/mol. The molecule has 0 aliphatic heterocycles. The molecule has 0 aliphatic rings. The Labute approximate surface area is 116 Å². The van der Waals surface area contributed by atoms with Gasteiger partial charge >= 0.3 is 0 Å². The molecule has 102 valence electrons. The van der Waals surface area contributed by atoms with Gasteiger partial charge in [-0.1, -0.05) is 19.9 Å². The molecule has 2 aromatic heterocycles. The van der Waals surface area contributed by atoms with Crippen LogP contribution < -0.4 is 5.32 Å². The highest BCUT2D eigenvalue weighted by atomic mass is 32.1. The predicted molar refractivity (Wildman–Crippen MR) is 73.0 cm³/mol. The smallest absolute Gasteiger partial charge is 0.261 e. The second-order valence-corrected chi connectivity index (χ2v) is 5.74. The average Bonchev–Trinajstić information content (AvgIpc) is 2.97. The van der Waals surface area contributed by atoms with Gasteiger partial charge in [-0.2, -0.15) is 0 Å². The standard InChI is InChI=1S/C13H17N3O2S/c1-8(2)7-10(13-16-15-9(3)18-13)14-12(17)11-5-4-6-19-11/h4-6,8,10H,7H2,1-3H3,(H,14,17). The zero-order valence-corrected chi connectivity index (χ0v) is 12.0. The third-order valence-corrected chi connectivity index (χ3v) is 3.47. The highest BCUT2D eigenvalue weighted by molar-refractivity contribution is 7.12. The normalized spacial score (nSPS) is 12.6. The molecular weight excluding hydrogens is 262 g/mol. The van der Waals surface area contributed by atoms with Crippen LogP contribution in [0.4, 0.5) is 0 Å². The van der Waals surface area contributed by atoms with Gasteiger partial charge in [0, 0.05) is 6.92 Å². The van der Waals surface area contributed by atoms with Gasteiger partial charge in [0.15, 0.2) is 0 Å². The van der Waals surface area contributed by atoms with Crippen molar-refractivity contribution in [1.82, 2.24) is 15.5 Å². The van der Waals surface area contributed by atoms with E-state index in [1.165, 1.54) is 11.3 Å². The van der Waals surface area contributed by atoms with Crippen molar-refractivity contribution in [3.05, 3.63) is 34.2 Å². The Kier molecular flexibility index (Phi) is 4.31. The van der Waals surface area contributed by atoms with Crippen LogP contribution in [-0.4, -0.2) is 16.1 Å². The van der Waals surface area contributed by atoms with Crippen LogP contribution in [0.3, 0.4) is 0 Å². The van der Waals surface area contributed by atoms with Crippen LogP contribution in [0.15, 0.2) is 21.9 Å². The first-order valence-corrected chi connectivity index (χ1v) is 7.08. The number of rotatable bonds is 5. The molecule has 2 aromatic rings. The van der Waals surface area contributed by atoms with Crippen molar-refractivity contribution in [3.8, 4) is 0 Å². The van der Waals surface area contributed by atoms with Crippen molar-refractivity contribution < 1.29 is 9.21 Å². The molecule has 0 saturated heterocycles. The van der Waals surface area contributed by atoms with Crippen LogP contribution in [0.1, 0.15) is 47.8 Å². The fraction of sp³-hybridized carbons (Fsp3) is 0.462. The summed E-state index contributed by atoms with van der Waals surface area (Å²) in [5.74, 6) is 1.29. The van der Waals surface area contributed by atoms with E-state index >= 15 is 0 Å². The Morgan fingerprint density at radius 2 is 2.26 bits per heavy atom. The van der Waals surface area contributed by atoms with Crippen LogP contribution >= 0.6 is 11.3 Å². The van der Waals surface area contributed by atoms with Crippen molar-refractivity contribution in [2.75, 3.05) is 0 Å². The van der Waals surface area contributed by atoms with E-state index in [1.807, 2.05) is 11.4 Å². The predicted octanol–water partition coefficient (Wildman–Crippen LogP) is 2.96. The summed E-state index contributed by atoms with van der Waals surface area (Å²) in [5, 5.41) is 12.7. The molecule has 0 radical (unpaired) electrons.